The van der Waals surface area contributed by atoms with Crippen molar-refractivity contribution in [2.75, 3.05) is 12.3 Å². The number of amides is 2. The summed E-state index contributed by atoms with van der Waals surface area (Å²) in [7, 11) is -3.26. The van der Waals surface area contributed by atoms with Gasteiger partial charge in [0.1, 0.15) is 0 Å². The summed E-state index contributed by atoms with van der Waals surface area (Å²) in [4.78, 5) is 11.6. The molecule has 1 aromatic rings. The van der Waals surface area contributed by atoms with Gasteiger partial charge >= 0.3 is 6.03 Å². The van der Waals surface area contributed by atoms with E-state index in [1.54, 1.807) is 26.0 Å². The predicted octanol–water partition coefficient (Wildman–Crippen LogP) is 2.11. The zero-order valence-electron chi connectivity index (χ0n) is 11.8. The molecule has 0 aromatic heterocycles. The van der Waals surface area contributed by atoms with Crippen molar-refractivity contribution in [3.8, 4) is 0 Å². The molecule has 0 fully saturated rings. The Balaban J connectivity index is 2.67. The summed E-state index contributed by atoms with van der Waals surface area (Å²) in [5, 5.41) is 4.52. The van der Waals surface area contributed by atoms with Crippen LogP contribution in [0.15, 0.2) is 29.2 Å². The third-order valence-corrected chi connectivity index (χ3v) is 4.63. The number of sulfone groups is 1. The largest absolute Gasteiger partial charge is 0.332 e. The number of rotatable bonds is 6. The zero-order chi connectivity index (χ0) is 16.0. The molecule has 8 heteroatoms. The summed E-state index contributed by atoms with van der Waals surface area (Å²) in [6.07, 6.45) is -2.61. The highest BCUT2D eigenvalue weighted by molar-refractivity contribution is 7.91. The average molecular weight is 320 g/mol. The van der Waals surface area contributed by atoms with E-state index in [1.165, 1.54) is 12.1 Å². The van der Waals surface area contributed by atoms with Crippen LogP contribution in [0.2, 0.25) is 0 Å². The Bertz CT molecular complexity index is 574. The van der Waals surface area contributed by atoms with Crippen LogP contribution in [-0.2, 0) is 9.84 Å². The Morgan fingerprint density at radius 1 is 1.24 bits per heavy atom. The minimum absolute atomic E-state index is 0.0101. The zero-order valence-corrected chi connectivity index (χ0v) is 12.6. The van der Waals surface area contributed by atoms with Crippen LogP contribution in [0.4, 0.5) is 13.6 Å². The van der Waals surface area contributed by atoms with Gasteiger partial charge in [-0.25, -0.2) is 22.0 Å². The van der Waals surface area contributed by atoms with E-state index >= 15 is 0 Å². The molecule has 2 amide bonds. The fourth-order valence-corrected chi connectivity index (χ4v) is 2.52. The monoisotopic (exact) mass is 320 g/mol. The van der Waals surface area contributed by atoms with Crippen molar-refractivity contribution in [3.63, 3.8) is 0 Å². The first-order valence-corrected chi connectivity index (χ1v) is 8.06. The van der Waals surface area contributed by atoms with Crippen LogP contribution < -0.4 is 10.6 Å². The third kappa shape index (κ3) is 5.30. The Labute approximate surface area is 122 Å². The van der Waals surface area contributed by atoms with Crippen LogP contribution in [0.1, 0.15) is 25.5 Å². The van der Waals surface area contributed by atoms with Crippen LogP contribution in [0, 0.1) is 0 Å². The highest BCUT2D eigenvalue weighted by atomic mass is 32.2. The molecule has 2 N–H and O–H groups in total. The maximum Gasteiger partial charge on any atom is 0.315 e. The predicted molar refractivity (Wildman–Crippen MR) is 75.1 cm³/mol. The van der Waals surface area contributed by atoms with Gasteiger partial charge in [-0.2, -0.15) is 0 Å². The van der Waals surface area contributed by atoms with E-state index in [-0.39, 0.29) is 10.6 Å². The fraction of sp³-hybridized carbons (Fsp3) is 0.462. The van der Waals surface area contributed by atoms with Crippen molar-refractivity contribution in [3.05, 3.63) is 29.8 Å². The first-order chi connectivity index (χ1) is 9.76. The van der Waals surface area contributed by atoms with E-state index < -0.39 is 34.9 Å². The van der Waals surface area contributed by atoms with E-state index in [9.17, 15) is 22.0 Å². The molecule has 1 rings (SSSR count). The molecular weight excluding hydrogens is 302 g/mol. The molecule has 0 heterocycles. The van der Waals surface area contributed by atoms with E-state index in [0.717, 1.165) is 0 Å². The van der Waals surface area contributed by atoms with Gasteiger partial charge in [-0.15, -0.1) is 0 Å². The van der Waals surface area contributed by atoms with Gasteiger partial charge in [-0.1, -0.05) is 19.1 Å². The quantitative estimate of drug-likeness (QED) is 0.843. The summed E-state index contributed by atoms with van der Waals surface area (Å²) < 4.78 is 47.2. The molecule has 21 heavy (non-hydrogen) atoms. The second kappa shape index (κ2) is 7.35. The molecule has 0 radical (unpaired) electrons. The number of alkyl halides is 2. The maximum atomic E-state index is 11.9. The van der Waals surface area contributed by atoms with Gasteiger partial charge < -0.3 is 10.6 Å². The molecule has 1 aromatic carbocycles. The number of halogens is 2. The molecule has 0 aliphatic carbocycles. The summed E-state index contributed by atoms with van der Waals surface area (Å²) in [5.74, 6) is 0.0101. The molecule has 0 spiro atoms. The van der Waals surface area contributed by atoms with Crippen molar-refractivity contribution in [1.82, 2.24) is 10.6 Å². The van der Waals surface area contributed by atoms with Crippen LogP contribution in [0.5, 0.6) is 0 Å². The van der Waals surface area contributed by atoms with E-state index in [4.69, 9.17) is 0 Å². The van der Waals surface area contributed by atoms with Crippen LogP contribution in [-0.4, -0.2) is 33.2 Å². The number of carbonyl (C=O) groups excluding carboxylic acids is 1. The minimum atomic E-state index is -3.26. The van der Waals surface area contributed by atoms with Crippen molar-refractivity contribution in [2.45, 2.75) is 31.2 Å². The molecule has 0 saturated carbocycles. The van der Waals surface area contributed by atoms with Crippen molar-refractivity contribution < 1.29 is 22.0 Å². The SMILES string of the molecule is CCS(=O)(=O)c1ccc([C@@H](C)NC(=O)NCC(F)F)cc1. The van der Waals surface area contributed by atoms with Gasteiger partial charge in [0.15, 0.2) is 9.84 Å². The van der Waals surface area contributed by atoms with E-state index in [0.29, 0.717) is 5.56 Å². The number of nitrogens with one attached hydrogen (secondary N) is 2. The topological polar surface area (TPSA) is 75.3 Å². The van der Waals surface area contributed by atoms with Gasteiger partial charge in [-0.3, -0.25) is 0 Å². The number of carbonyl (C=O) groups is 1. The minimum Gasteiger partial charge on any atom is -0.332 e. The van der Waals surface area contributed by atoms with Crippen LogP contribution in [0.3, 0.4) is 0 Å². The number of benzene rings is 1. The second-order valence-electron chi connectivity index (χ2n) is 4.44. The standard InChI is InChI=1S/C13H18F2N2O3S/c1-3-21(19,20)11-6-4-10(5-7-11)9(2)17-13(18)16-8-12(14)15/h4-7,9,12H,3,8H2,1-2H3,(H2,16,17,18)/t9-/m1/s1. The average Bonchev–Trinajstić information content (AvgIpc) is 2.45. The highest BCUT2D eigenvalue weighted by Crippen LogP contribution is 2.17. The molecule has 0 aliphatic rings. The Morgan fingerprint density at radius 2 is 1.81 bits per heavy atom. The molecular formula is C13H18F2N2O3S. The molecule has 5 nitrogen and oxygen atoms in total. The molecule has 0 saturated heterocycles. The van der Waals surface area contributed by atoms with Crippen LogP contribution in [0.25, 0.3) is 0 Å². The summed E-state index contributed by atoms with van der Waals surface area (Å²) in [5.41, 5.74) is 0.678. The number of hydrogen-bond donors (Lipinski definition) is 2. The molecule has 0 aliphatic heterocycles. The fourth-order valence-electron chi connectivity index (χ4n) is 1.63. The Kier molecular flexibility index (Phi) is 6.07. The van der Waals surface area contributed by atoms with E-state index in [1.807, 2.05) is 5.32 Å². The maximum absolute atomic E-state index is 11.9. The summed E-state index contributed by atoms with van der Waals surface area (Å²) >= 11 is 0. The van der Waals surface area contributed by atoms with E-state index in [2.05, 4.69) is 5.32 Å². The summed E-state index contributed by atoms with van der Waals surface area (Å²) in [6.45, 7) is 2.51. The third-order valence-electron chi connectivity index (χ3n) is 2.88. The summed E-state index contributed by atoms with van der Waals surface area (Å²) in [6, 6.07) is 4.96. The highest BCUT2D eigenvalue weighted by Gasteiger charge is 2.14. The van der Waals surface area contributed by atoms with Crippen LogP contribution >= 0.6 is 0 Å². The number of urea groups is 1. The van der Waals surface area contributed by atoms with Crippen molar-refractivity contribution in [1.29, 1.82) is 0 Å². The Hall–Kier alpha value is -1.70. The molecule has 0 unspecified atom stereocenters. The van der Waals surface area contributed by atoms with Gasteiger partial charge in [0.05, 0.1) is 23.2 Å². The lowest BCUT2D eigenvalue weighted by Gasteiger charge is -2.15. The molecule has 118 valence electrons. The Morgan fingerprint density at radius 3 is 2.29 bits per heavy atom. The first-order valence-electron chi connectivity index (χ1n) is 6.41. The lowest BCUT2D eigenvalue weighted by atomic mass is 10.1. The van der Waals surface area contributed by atoms with Gasteiger partial charge in [-0.05, 0) is 24.6 Å². The van der Waals surface area contributed by atoms with Gasteiger partial charge in [0.2, 0.25) is 0 Å². The van der Waals surface area contributed by atoms with Crippen molar-refractivity contribution >= 4 is 15.9 Å². The van der Waals surface area contributed by atoms with Gasteiger partial charge in [0.25, 0.3) is 6.43 Å². The normalized spacial score (nSPS) is 13.0. The second-order valence-corrected chi connectivity index (χ2v) is 6.72. The van der Waals surface area contributed by atoms with Gasteiger partial charge in [0, 0.05) is 0 Å². The lowest BCUT2D eigenvalue weighted by Crippen LogP contribution is -2.39. The van der Waals surface area contributed by atoms with Crippen molar-refractivity contribution in [2.24, 2.45) is 0 Å². The smallest absolute Gasteiger partial charge is 0.315 e. The first kappa shape index (κ1) is 17.4. The lowest BCUT2D eigenvalue weighted by molar-refractivity contribution is 0.146. The molecule has 1 atom stereocenters. The number of hydrogen-bond acceptors (Lipinski definition) is 3. The molecule has 0 bridgehead atoms.